The molecule has 0 aromatic heterocycles. The lowest BCUT2D eigenvalue weighted by Crippen LogP contribution is -2.14. The molecule has 2 heteroatoms. The molecule has 0 aliphatic carbocycles. The second-order valence-corrected chi connectivity index (χ2v) is 2.77. The average Bonchev–Trinajstić information content (AvgIpc) is 2.18. The van der Waals surface area contributed by atoms with Gasteiger partial charge in [0.15, 0.2) is 0 Å². The van der Waals surface area contributed by atoms with E-state index in [0.717, 1.165) is 19.3 Å². The third kappa shape index (κ3) is 2.27. The lowest BCUT2D eigenvalue weighted by atomic mass is 10.0. The zero-order valence-electron chi connectivity index (χ0n) is 6.51. The van der Waals surface area contributed by atoms with E-state index in [0.29, 0.717) is 13.0 Å². The van der Waals surface area contributed by atoms with Gasteiger partial charge in [0.05, 0.1) is 12.5 Å². The minimum atomic E-state index is -0.111. The molecule has 1 fully saturated rings. The predicted molar refractivity (Wildman–Crippen MR) is 41.8 cm³/mol. The van der Waals surface area contributed by atoms with E-state index in [2.05, 4.69) is 5.92 Å². The van der Waals surface area contributed by atoms with E-state index in [1.807, 2.05) is 0 Å². The Balaban J connectivity index is 2.47. The first kappa shape index (κ1) is 8.13. The van der Waals surface area contributed by atoms with Gasteiger partial charge in [-0.1, -0.05) is 0 Å². The summed E-state index contributed by atoms with van der Waals surface area (Å²) < 4.78 is 4.93. The monoisotopic (exact) mass is 152 g/mol. The molecule has 0 amide bonds. The molecule has 0 radical (unpaired) electrons. The van der Waals surface area contributed by atoms with Gasteiger partial charge in [-0.3, -0.25) is 4.79 Å². The molecule has 0 unspecified atom stereocenters. The maximum atomic E-state index is 11.1. The van der Waals surface area contributed by atoms with Crippen LogP contribution in [0.15, 0.2) is 0 Å². The highest BCUT2D eigenvalue weighted by Gasteiger charge is 2.20. The fraction of sp³-hybridized carbons (Fsp3) is 0.667. The van der Waals surface area contributed by atoms with Gasteiger partial charge >= 0.3 is 5.97 Å². The van der Waals surface area contributed by atoms with Gasteiger partial charge in [-0.15, -0.1) is 12.3 Å². The first-order valence-electron chi connectivity index (χ1n) is 3.94. The Hall–Kier alpha value is -0.970. The van der Waals surface area contributed by atoms with Crippen molar-refractivity contribution in [1.29, 1.82) is 0 Å². The molecule has 1 heterocycles. The number of rotatable bonds is 1. The highest BCUT2D eigenvalue weighted by Crippen LogP contribution is 2.17. The molecule has 0 saturated carbocycles. The number of hydrogen-bond donors (Lipinski definition) is 0. The number of carbonyl (C=O) groups is 1. The van der Waals surface area contributed by atoms with Crippen molar-refractivity contribution >= 4 is 5.97 Å². The van der Waals surface area contributed by atoms with E-state index in [4.69, 9.17) is 11.2 Å². The molecule has 1 aliphatic rings. The Morgan fingerprint density at radius 2 is 2.45 bits per heavy atom. The summed E-state index contributed by atoms with van der Waals surface area (Å²) in [6.07, 6.45) is 8.57. The first-order chi connectivity index (χ1) is 5.34. The summed E-state index contributed by atoms with van der Waals surface area (Å²) in [7, 11) is 0. The van der Waals surface area contributed by atoms with Crippen LogP contribution in [-0.2, 0) is 9.53 Å². The fourth-order valence-corrected chi connectivity index (χ4v) is 1.23. The van der Waals surface area contributed by atoms with Crippen LogP contribution in [0, 0.1) is 18.3 Å². The van der Waals surface area contributed by atoms with Crippen LogP contribution in [0.4, 0.5) is 0 Å². The fourth-order valence-electron chi connectivity index (χ4n) is 1.23. The summed E-state index contributed by atoms with van der Waals surface area (Å²) >= 11 is 0. The lowest BCUT2D eigenvalue weighted by Gasteiger charge is -2.06. The minimum absolute atomic E-state index is 0.0394. The number of hydrogen-bond acceptors (Lipinski definition) is 2. The molecule has 2 nitrogen and oxygen atoms in total. The largest absolute Gasteiger partial charge is 0.465 e. The van der Waals surface area contributed by atoms with E-state index in [1.165, 1.54) is 0 Å². The van der Waals surface area contributed by atoms with Gasteiger partial charge in [0.1, 0.15) is 0 Å². The second-order valence-electron chi connectivity index (χ2n) is 2.77. The molecule has 1 saturated heterocycles. The van der Waals surface area contributed by atoms with Crippen molar-refractivity contribution in [3.05, 3.63) is 0 Å². The molecule has 1 aliphatic heterocycles. The van der Waals surface area contributed by atoms with E-state index in [1.54, 1.807) is 0 Å². The second kappa shape index (κ2) is 4.02. The van der Waals surface area contributed by atoms with Gasteiger partial charge in [-0.2, -0.15) is 0 Å². The topological polar surface area (TPSA) is 26.3 Å². The van der Waals surface area contributed by atoms with Gasteiger partial charge in [0.2, 0.25) is 0 Å². The summed E-state index contributed by atoms with van der Waals surface area (Å²) in [6.45, 7) is 0.569. The Kier molecular flexibility index (Phi) is 2.97. The van der Waals surface area contributed by atoms with Crippen LogP contribution >= 0.6 is 0 Å². The summed E-state index contributed by atoms with van der Waals surface area (Å²) in [5.41, 5.74) is 0. The van der Waals surface area contributed by atoms with Crippen LogP contribution in [0.1, 0.15) is 25.7 Å². The van der Waals surface area contributed by atoms with Crippen LogP contribution in [-0.4, -0.2) is 12.6 Å². The summed E-state index contributed by atoms with van der Waals surface area (Å²) in [4.78, 5) is 11.1. The summed E-state index contributed by atoms with van der Waals surface area (Å²) in [6, 6.07) is 0. The van der Waals surface area contributed by atoms with E-state index in [-0.39, 0.29) is 11.9 Å². The lowest BCUT2D eigenvalue weighted by molar-refractivity contribution is -0.147. The zero-order valence-corrected chi connectivity index (χ0v) is 6.51. The van der Waals surface area contributed by atoms with Crippen molar-refractivity contribution in [3.8, 4) is 12.3 Å². The molecule has 0 spiro atoms. The molecule has 0 bridgehead atoms. The molecule has 11 heavy (non-hydrogen) atoms. The average molecular weight is 152 g/mol. The maximum Gasteiger partial charge on any atom is 0.309 e. The van der Waals surface area contributed by atoms with Gasteiger partial charge < -0.3 is 4.74 Å². The van der Waals surface area contributed by atoms with Crippen molar-refractivity contribution < 1.29 is 9.53 Å². The number of cyclic esters (lactones) is 1. The van der Waals surface area contributed by atoms with E-state index < -0.39 is 0 Å². The van der Waals surface area contributed by atoms with Crippen molar-refractivity contribution in [3.63, 3.8) is 0 Å². The molecular weight excluding hydrogens is 140 g/mol. The van der Waals surface area contributed by atoms with Crippen LogP contribution in [0.2, 0.25) is 0 Å². The van der Waals surface area contributed by atoms with E-state index >= 15 is 0 Å². The third-order valence-corrected chi connectivity index (χ3v) is 1.89. The van der Waals surface area contributed by atoms with Gasteiger partial charge in [-0.25, -0.2) is 0 Å². The van der Waals surface area contributed by atoms with Crippen LogP contribution in [0.5, 0.6) is 0 Å². The number of terminal acetylenes is 1. The van der Waals surface area contributed by atoms with Crippen LogP contribution in [0.3, 0.4) is 0 Å². The summed E-state index contributed by atoms with van der Waals surface area (Å²) in [5.74, 6) is 2.34. The number of esters is 1. The maximum absolute atomic E-state index is 11.1. The van der Waals surface area contributed by atoms with Crippen molar-refractivity contribution in [2.75, 3.05) is 6.61 Å². The van der Waals surface area contributed by atoms with Gasteiger partial charge in [0, 0.05) is 6.42 Å². The Morgan fingerprint density at radius 3 is 3.18 bits per heavy atom. The quantitative estimate of drug-likeness (QED) is 0.419. The Labute approximate surface area is 66.9 Å². The predicted octanol–water partition coefficient (Wildman–Crippen LogP) is 1.35. The molecule has 1 atom stereocenters. The standard InChI is InChI=1S/C9H12O2/c1-2-5-8-6-3-4-7-11-9(8)10/h1,8H,3-7H2/t8-/m1/s1. The highest BCUT2D eigenvalue weighted by molar-refractivity contribution is 5.72. The number of ether oxygens (including phenoxy) is 1. The SMILES string of the molecule is C#CC[C@@H]1CCCCOC1=O. The van der Waals surface area contributed by atoms with Crippen molar-refractivity contribution in [2.45, 2.75) is 25.7 Å². The summed E-state index contributed by atoms with van der Waals surface area (Å²) in [5, 5.41) is 0. The molecule has 60 valence electrons. The molecule has 0 aromatic carbocycles. The van der Waals surface area contributed by atoms with Gasteiger partial charge in [0.25, 0.3) is 0 Å². The molecule has 1 rings (SSSR count). The highest BCUT2D eigenvalue weighted by atomic mass is 16.5. The first-order valence-corrected chi connectivity index (χ1v) is 3.94. The normalized spacial score (nSPS) is 25.0. The van der Waals surface area contributed by atoms with E-state index in [9.17, 15) is 4.79 Å². The van der Waals surface area contributed by atoms with Gasteiger partial charge in [-0.05, 0) is 19.3 Å². The third-order valence-electron chi connectivity index (χ3n) is 1.89. The molecule has 0 N–H and O–H groups in total. The Bertz CT molecular complexity index is 178. The van der Waals surface area contributed by atoms with Crippen LogP contribution < -0.4 is 0 Å². The number of carbonyl (C=O) groups excluding carboxylic acids is 1. The Morgan fingerprint density at radius 1 is 1.64 bits per heavy atom. The zero-order chi connectivity index (χ0) is 8.10. The van der Waals surface area contributed by atoms with Crippen molar-refractivity contribution in [1.82, 2.24) is 0 Å². The van der Waals surface area contributed by atoms with Crippen molar-refractivity contribution in [2.24, 2.45) is 5.92 Å². The smallest absolute Gasteiger partial charge is 0.309 e. The van der Waals surface area contributed by atoms with Crippen LogP contribution in [0.25, 0.3) is 0 Å². The minimum Gasteiger partial charge on any atom is -0.465 e. The molecular formula is C9H12O2. The molecule has 0 aromatic rings.